The van der Waals surface area contributed by atoms with Crippen LogP contribution in [0.3, 0.4) is 0 Å². The minimum Gasteiger partial charge on any atom is -0.314 e. The summed E-state index contributed by atoms with van der Waals surface area (Å²) in [4.78, 5) is 26.2. The topological polar surface area (TPSA) is 122 Å². The van der Waals surface area contributed by atoms with Gasteiger partial charge >= 0.3 is 0 Å². The Morgan fingerprint density at radius 2 is 1.85 bits per heavy atom. The monoisotopic (exact) mass is 533 g/mol. The predicted molar refractivity (Wildman–Crippen MR) is 128 cm³/mol. The Labute approximate surface area is 199 Å². The van der Waals surface area contributed by atoms with E-state index >= 15 is 0 Å². The second-order valence-electron chi connectivity index (χ2n) is 8.24. The molecule has 2 N–H and O–H groups in total. The molecule has 3 aromatic rings. The summed E-state index contributed by atoms with van der Waals surface area (Å²) in [5, 5.41) is 6.94. The van der Waals surface area contributed by atoms with E-state index in [2.05, 4.69) is 41.5 Å². The van der Waals surface area contributed by atoms with E-state index in [-0.39, 0.29) is 16.5 Å². The molecule has 0 spiro atoms. The third-order valence-corrected chi connectivity index (χ3v) is 8.56. The molecular weight excluding hydrogens is 510 g/mol. The Kier molecular flexibility index (Phi) is 6.16. The van der Waals surface area contributed by atoms with Gasteiger partial charge < -0.3 is 10.6 Å². The summed E-state index contributed by atoms with van der Waals surface area (Å²) >= 11 is 3.37. The Hall–Kier alpha value is -2.41. The van der Waals surface area contributed by atoms with E-state index in [9.17, 15) is 13.2 Å². The van der Waals surface area contributed by atoms with Crippen LogP contribution < -0.4 is 16.2 Å². The van der Waals surface area contributed by atoms with E-state index in [4.69, 9.17) is 0 Å². The maximum absolute atomic E-state index is 12.9. The first-order valence-electron chi connectivity index (χ1n) is 11.0. The fourth-order valence-electron chi connectivity index (χ4n) is 4.40. The standard InChI is InChI=1S/C21H24BrN7O3S/c22-17-11-14-12-25-21(27-19(14)29(20(17)30)15-3-1-2-4-15)26-18-6-5-16(13-24-18)33(31,32)28-9-7-23-8-10-28/h5-6,11-13,15,23H,1-4,7-10H2,(H,24,25,26,27). The number of nitrogens with one attached hydrogen (secondary N) is 2. The lowest BCUT2D eigenvalue weighted by Gasteiger charge is -2.26. The van der Waals surface area contributed by atoms with Crippen LogP contribution in [0.2, 0.25) is 0 Å². The molecule has 2 fully saturated rings. The molecule has 12 heteroatoms. The summed E-state index contributed by atoms with van der Waals surface area (Å²) in [5.41, 5.74) is 0.477. The van der Waals surface area contributed by atoms with Crippen molar-refractivity contribution >= 4 is 48.8 Å². The molecule has 2 aliphatic rings. The third-order valence-electron chi connectivity index (χ3n) is 6.11. The minimum absolute atomic E-state index is 0.0975. The van der Waals surface area contributed by atoms with Gasteiger partial charge in [0.05, 0.1) is 4.47 Å². The molecule has 5 rings (SSSR count). The van der Waals surface area contributed by atoms with Crippen molar-refractivity contribution in [2.45, 2.75) is 36.6 Å². The first kappa shape index (κ1) is 22.4. The van der Waals surface area contributed by atoms with Gasteiger partial charge in [-0.05, 0) is 47.0 Å². The average molecular weight is 534 g/mol. The number of aromatic nitrogens is 4. The molecule has 174 valence electrons. The van der Waals surface area contributed by atoms with Crippen LogP contribution in [0.25, 0.3) is 11.0 Å². The number of piperazine rings is 1. The van der Waals surface area contributed by atoms with Gasteiger partial charge in [0.25, 0.3) is 5.56 Å². The summed E-state index contributed by atoms with van der Waals surface area (Å²) in [6.45, 7) is 2.14. The molecule has 10 nitrogen and oxygen atoms in total. The lowest BCUT2D eigenvalue weighted by atomic mass is 10.2. The summed E-state index contributed by atoms with van der Waals surface area (Å²) in [6.07, 6.45) is 7.09. The zero-order valence-electron chi connectivity index (χ0n) is 17.9. The second kappa shape index (κ2) is 9.09. The van der Waals surface area contributed by atoms with Crippen molar-refractivity contribution in [2.24, 2.45) is 0 Å². The van der Waals surface area contributed by atoms with Gasteiger partial charge in [0.1, 0.15) is 16.4 Å². The Morgan fingerprint density at radius 1 is 1.09 bits per heavy atom. The normalized spacial score (nSPS) is 18.1. The number of hydrogen-bond acceptors (Lipinski definition) is 8. The van der Waals surface area contributed by atoms with E-state index in [1.165, 1.54) is 16.6 Å². The van der Waals surface area contributed by atoms with Gasteiger partial charge in [-0.3, -0.25) is 9.36 Å². The highest BCUT2D eigenvalue weighted by atomic mass is 79.9. The number of halogens is 1. The van der Waals surface area contributed by atoms with Crippen molar-refractivity contribution in [1.29, 1.82) is 0 Å². The van der Waals surface area contributed by atoms with Crippen LogP contribution >= 0.6 is 15.9 Å². The molecule has 1 aliphatic carbocycles. The molecule has 0 aromatic carbocycles. The van der Waals surface area contributed by atoms with Crippen LogP contribution in [-0.4, -0.2) is 58.4 Å². The average Bonchev–Trinajstić information content (AvgIpc) is 3.35. The van der Waals surface area contributed by atoms with Crippen LogP contribution in [0, 0.1) is 0 Å². The zero-order chi connectivity index (χ0) is 23.0. The highest BCUT2D eigenvalue weighted by molar-refractivity contribution is 9.10. The quantitative estimate of drug-likeness (QED) is 0.512. The minimum atomic E-state index is -3.58. The van der Waals surface area contributed by atoms with E-state index in [0.29, 0.717) is 48.1 Å². The first-order valence-corrected chi connectivity index (χ1v) is 13.2. The van der Waals surface area contributed by atoms with Gasteiger partial charge in [-0.1, -0.05) is 12.8 Å². The van der Waals surface area contributed by atoms with Crippen LogP contribution in [0.4, 0.5) is 11.8 Å². The number of fused-ring (bicyclic) bond motifs is 1. The fourth-order valence-corrected chi connectivity index (χ4v) is 6.23. The molecule has 1 saturated carbocycles. The molecule has 3 aromatic heterocycles. The number of sulfonamides is 1. The Morgan fingerprint density at radius 3 is 2.55 bits per heavy atom. The summed E-state index contributed by atoms with van der Waals surface area (Å²) in [6, 6.07) is 4.97. The lowest BCUT2D eigenvalue weighted by molar-refractivity contribution is 0.360. The second-order valence-corrected chi connectivity index (χ2v) is 11.0. The number of rotatable bonds is 5. The SMILES string of the molecule is O=c1c(Br)cc2cnc(Nc3ccc(S(=O)(=O)N4CCNCC4)cn3)nc2n1C1CCCC1. The Balaban J connectivity index is 1.43. The molecule has 0 unspecified atom stereocenters. The van der Waals surface area contributed by atoms with Crippen molar-refractivity contribution < 1.29 is 8.42 Å². The lowest BCUT2D eigenvalue weighted by Crippen LogP contribution is -2.46. The highest BCUT2D eigenvalue weighted by Crippen LogP contribution is 2.31. The van der Waals surface area contributed by atoms with Gasteiger partial charge in [0.15, 0.2) is 0 Å². The number of nitrogens with zero attached hydrogens (tertiary/aromatic N) is 5. The van der Waals surface area contributed by atoms with E-state index in [0.717, 1.165) is 31.1 Å². The first-order chi connectivity index (χ1) is 15.9. The largest absolute Gasteiger partial charge is 0.314 e. The maximum Gasteiger partial charge on any atom is 0.266 e. The molecule has 0 radical (unpaired) electrons. The van der Waals surface area contributed by atoms with Crippen molar-refractivity contribution in [3.05, 3.63) is 45.4 Å². The number of anilines is 2. The molecule has 0 amide bonds. The van der Waals surface area contributed by atoms with Crippen LogP contribution in [0.5, 0.6) is 0 Å². The number of hydrogen-bond donors (Lipinski definition) is 2. The van der Waals surface area contributed by atoms with Gasteiger partial charge in [0.2, 0.25) is 16.0 Å². The summed E-state index contributed by atoms with van der Waals surface area (Å²) in [7, 11) is -3.58. The van der Waals surface area contributed by atoms with E-state index in [1.807, 2.05) is 0 Å². The van der Waals surface area contributed by atoms with Gasteiger partial charge in [-0.25, -0.2) is 18.4 Å². The third kappa shape index (κ3) is 4.39. The van der Waals surface area contributed by atoms with Gasteiger partial charge in [-0.15, -0.1) is 0 Å². The zero-order valence-corrected chi connectivity index (χ0v) is 20.3. The predicted octanol–water partition coefficient (Wildman–Crippen LogP) is 2.40. The molecule has 0 atom stereocenters. The van der Waals surface area contributed by atoms with Crippen molar-refractivity contribution in [1.82, 2.24) is 29.1 Å². The van der Waals surface area contributed by atoms with Crippen molar-refractivity contribution in [3.63, 3.8) is 0 Å². The maximum atomic E-state index is 12.9. The van der Waals surface area contributed by atoms with Crippen molar-refractivity contribution in [2.75, 3.05) is 31.5 Å². The van der Waals surface area contributed by atoms with Crippen LogP contribution in [0.1, 0.15) is 31.7 Å². The van der Waals surface area contributed by atoms with Gasteiger partial charge in [0, 0.05) is 50.0 Å². The van der Waals surface area contributed by atoms with E-state index < -0.39 is 10.0 Å². The summed E-state index contributed by atoms with van der Waals surface area (Å²) in [5.74, 6) is 0.710. The molecular formula is C21H24BrN7O3S. The smallest absolute Gasteiger partial charge is 0.266 e. The molecule has 0 bridgehead atoms. The number of pyridine rings is 2. The van der Waals surface area contributed by atoms with Crippen LogP contribution in [-0.2, 0) is 10.0 Å². The highest BCUT2D eigenvalue weighted by Gasteiger charge is 2.26. The van der Waals surface area contributed by atoms with Crippen molar-refractivity contribution in [3.8, 4) is 0 Å². The fraction of sp³-hybridized carbons (Fsp3) is 0.429. The summed E-state index contributed by atoms with van der Waals surface area (Å²) < 4.78 is 29.3. The molecule has 1 saturated heterocycles. The van der Waals surface area contributed by atoms with Crippen LogP contribution in [0.15, 0.2) is 44.8 Å². The molecule has 33 heavy (non-hydrogen) atoms. The molecule has 1 aliphatic heterocycles. The Bertz CT molecular complexity index is 1330. The molecule has 4 heterocycles. The van der Waals surface area contributed by atoms with Gasteiger partial charge in [-0.2, -0.15) is 9.29 Å². The van der Waals surface area contributed by atoms with E-state index in [1.54, 1.807) is 22.9 Å².